The van der Waals surface area contributed by atoms with Crippen molar-refractivity contribution in [2.75, 3.05) is 13.2 Å². The molecule has 120 valence electrons. The Kier molecular flexibility index (Phi) is 7.58. The maximum atomic E-state index is 5.87. The van der Waals surface area contributed by atoms with Crippen molar-refractivity contribution in [1.29, 1.82) is 0 Å². The standard InChI is InChI=1S/C18H29BrO2/c1-6-11-20-15-10-9-14(13-16(15)21-12-7-2)17(19)18(4,5)8-3/h9-10,13,17H,6-8,11-12H2,1-5H3. The van der Waals surface area contributed by atoms with Crippen molar-refractivity contribution in [3.63, 3.8) is 0 Å². The number of benzene rings is 1. The van der Waals surface area contributed by atoms with E-state index in [2.05, 4.69) is 62.7 Å². The highest BCUT2D eigenvalue weighted by molar-refractivity contribution is 9.09. The van der Waals surface area contributed by atoms with Crippen LogP contribution in [0.25, 0.3) is 0 Å². The van der Waals surface area contributed by atoms with E-state index in [9.17, 15) is 0 Å². The van der Waals surface area contributed by atoms with E-state index >= 15 is 0 Å². The predicted octanol–water partition coefficient (Wildman–Crippen LogP) is 6.14. The normalized spacial score (nSPS) is 13.0. The molecule has 0 aliphatic carbocycles. The highest BCUT2D eigenvalue weighted by Gasteiger charge is 2.27. The highest BCUT2D eigenvalue weighted by atomic mass is 79.9. The van der Waals surface area contributed by atoms with Gasteiger partial charge in [-0.25, -0.2) is 0 Å². The molecular weight excluding hydrogens is 328 g/mol. The molecular formula is C18H29BrO2. The number of rotatable bonds is 9. The van der Waals surface area contributed by atoms with Gasteiger partial charge >= 0.3 is 0 Å². The smallest absolute Gasteiger partial charge is 0.161 e. The second-order valence-electron chi connectivity index (χ2n) is 6.11. The van der Waals surface area contributed by atoms with Gasteiger partial charge in [0.05, 0.1) is 13.2 Å². The Bertz CT molecular complexity index is 429. The fourth-order valence-electron chi connectivity index (χ4n) is 1.97. The zero-order valence-corrected chi connectivity index (χ0v) is 15.6. The first-order chi connectivity index (χ1) is 9.96. The first kappa shape index (κ1) is 18.3. The molecule has 21 heavy (non-hydrogen) atoms. The molecule has 0 bridgehead atoms. The van der Waals surface area contributed by atoms with Crippen molar-refractivity contribution < 1.29 is 9.47 Å². The van der Waals surface area contributed by atoms with Gasteiger partial charge in [-0.2, -0.15) is 0 Å². The molecule has 0 aliphatic rings. The molecule has 2 nitrogen and oxygen atoms in total. The van der Waals surface area contributed by atoms with Crippen LogP contribution in [0.4, 0.5) is 0 Å². The third-order valence-corrected chi connectivity index (χ3v) is 5.55. The van der Waals surface area contributed by atoms with Crippen LogP contribution >= 0.6 is 15.9 Å². The van der Waals surface area contributed by atoms with Crippen LogP contribution in [0, 0.1) is 5.41 Å². The van der Waals surface area contributed by atoms with Crippen molar-refractivity contribution >= 4 is 15.9 Å². The second kappa shape index (κ2) is 8.67. The maximum Gasteiger partial charge on any atom is 0.161 e. The van der Waals surface area contributed by atoms with E-state index in [1.807, 2.05) is 6.07 Å². The Hall–Kier alpha value is -0.700. The molecule has 0 spiro atoms. The number of hydrogen-bond acceptors (Lipinski definition) is 2. The van der Waals surface area contributed by atoms with E-state index in [4.69, 9.17) is 9.47 Å². The number of alkyl halides is 1. The van der Waals surface area contributed by atoms with E-state index < -0.39 is 0 Å². The van der Waals surface area contributed by atoms with Gasteiger partial charge in [0, 0.05) is 4.83 Å². The molecule has 0 saturated carbocycles. The van der Waals surface area contributed by atoms with Crippen LogP contribution in [-0.4, -0.2) is 13.2 Å². The molecule has 0 N–H and O–H groups in total. The molecule has 0 saturated heterocycles. The van der Waals surface area contributed by atoms with E-state index in [1.165, 1.54) is 5.56 Å². The zero-order valence-electron chi connectivity index (χ0n) is 14.0. The fourth-order valence-corrected chi connectivity index (χ4v) is 2.58. The molecule has 0 heterocycles. The lowest BCUT2D eigenvalue weighted by atomic mass is 9.83. The lowest BCUT2D eigenvalue weighted by Crippen LogP contribution is -2.16. The van der Waals surface area contributed by atoms with Crippen LogP contribution in [0.5, 0.6) is 11.5 Å². The van der Waals surface area contributed by atoms with Gasteiger partial charge in [-0.05, 0) is 42.4 Å². The summed E-state index contributed by atoms with van der Waals surface area (Å²) in [5.74, 6) is 1.71. The van der Waals surface area contributed by atoms with Crippen molar-refractivity contribution in [2.24, 2.45) is 5.41 Å². The summed E-state index contributed by atoms with van der Waals surface area (Å²) in [6.07, 6.45) is 3.11. The van der Waals surface area contributed by atoms with Gasteiger partial charge in [-0.3, -0.25) is 0 Å². The van der Waals surface area contributed by atoms with Crippen LogP contribution in [0.2, 0.25) is 0 Å². The average molecular weight is 357 g/mol. The summed E-state index contributed by atoms with van der Waals surface area (Å²) in [6.45, 7) is 12.4. The second-order valence-corrected chi connectivity index (χ2v) is 7.02. The van der Waals surface area contributed by atoms with Crippen LogP contribution < -0.4 is 9.47 Å². The molecule has 0 fully saturated rings. The van der Waals surface area contributed by atoms with Gasteiger partial charge in [0.1, 0.15) is 0 Å². The molecule has 1 unspecified atom stereocenters. The fraction of sp³-hybridized carbons (Fsp3) is 0.667. The minimum Gasteiger partial charge on any atom is -0.490 e. The summed E-state index contributed by atoms with van der Waals surface area (Å²) in [4.78, 5) is 0.305. The minimum atomic E-state index is 0.202. The number of halogens is 1. The van der Waals surface area contributed by atoms with Crippen molar-refractivity contribution in [1.82, 2.24) is 0 Å². The molecule has 1 rings (SSSR count). The third-order valence-electron chi connectivity index (χ3n) is 3.78. The third kappa shape index (κ3) is 5.21. The quantitative estimate of drug-likeness (QED) is 0.495. The number of hydrogen-bond donors (Lipinski definition) is 0. The lowest BCUT2D eigenvalue weighted by Gasteiger charge is -2.30. The average Bonchev–Trinajstić information content (AvgIpc) is 2.50. The Morgan fingerprint density at radius 3 is 2.10 bits per heavy atom. The summed E-state index contributed by atoms with van der Waals surface area (Å²) in [6, 6.07) is 6.30. The maximum absolute atomic E-state index is 5.87. The van der Waals surface area contributed by atoms with E-state index in [0.29, 0.717) is 4.83 Å². The SMILES string of the molecule is CCCOc1ccc(C(Br)C(C)(C)CC)cc1OCCC. The van der Waals surface area contributed by atoms with Crippen molar-refractivity contribution in [3.05, 3.63) is 23.8 Å². The molecule has 0 radical (unpaired) electrons. The van der Waals surface area contributed by atoms with Crippen LogP contribution in [0.3, 0.4) is 0 Å². The van der Waals surface area contributed by atoms with Crippen LogP contribution in [-0.2, 0) is 0 Å². The Balaban J connectivity index is 3.02. The van der Waals surface area contributed by atoms with Gasteiger partial charge in [0.25, 0.3) is 0 Å². The Morgan fingerprint density at radius 2 is 1.57 bits per heavy atom. The Morgan fingerprint density at radius 1 is 1.00 bits per heavy atom. The molecule has 3 heteroatoms. The summed E-state index contributed by atoms with van der Waals surface area (Å²) >= 11 is 3.85. The van der Waals surface area contributed by atoms with Gasteiger partial charge in [0.15, 0.2) is 11.5 Å². The largest absolute Gasteiger partial charge is 0.490 e. The molecule has 1 aromatic carbocycles. The van der Waals surface area contributed by atoms with E-state index in [-0.39, 0.29) is 5.41 Å². The zero-order chi connectivity index (χ0) is 15.9. The molecule has 0 aromatic heterocycles. The summed E-state index contributed by atoms with van der Waals surface area (Å²) in [5.41, 5.74) is 1.45. The summed E-state index contributed by atoms with van der Waals surface area (Å²) in [7, 11) is 0. The Labute approximate surface area is 138 Å². The van der Waals surface area contributed by atoms with Crippen LogP contribution in [0.15, 0.2) is 18.2 Å². The topological polar surface area (TPSA) is 18.5 Å². The first-order valence-corrected chi connectivity index (χ1v) is 8.91. The minimum absolute atomic E-state index is 0.202. The molecule has 1 atom stereocenters. The van der Waals surface area contributed by atoms with Gasteiger partial charge in [-0.1, -0.05) is 56.6 Å². The molecule has 1 aromatic rings. The van der Waals surface area contributed by atoms with E-state index in [1.54, 1.807) is 0 Å². The first-order valence-electron chi connectivity index (χ1n) is 7.99. The summed E-state index contributed by atoms with van der Waals surface area (Å²) in [5, 5.41) is 0. The summed E-state index contributed by atoms with van der Waals surface area (Å²) < 4.78 is 11.7. The number of ether oxygens (including phenoxy) is 2. The highest BCUT2D eigenvalue weighted by Crippen LogP contribution is 2.44. The van der Waals surface area contributed by atoms with E-state index in [0.717, 1.165) is 44.0 Å². The van der Waals surface area contributed by atoms with Gasteiger partial charge in [0.2, 0.25) is 0 Å². The van der Waals surface area contributed by atoms with Gasteiger partial charge in [-0.15, -0.1) is 0 Å². The van der Waals surface area contributed by atoms with Gasteiger partial charge < -0.3 is 9.47 Å². The molecule has 0 amide bonds. The lowest BCUT2D eigenvalue weighted by molar-refractivity contribution is 0.267. The monoisotopic (exact) mass is 356 g/mol. The van der Waals surface area contributed by atoms with Crippen LogP contribution in [0.1, 0.15) is 64.3 Å². The van der Waals surface area contributed by atoms with Crippen molar-refractivity contribution in [3.8, 4) is 11.5 Å². The predicted molar refractivity (Wildman–Crippen MR) is 93.8 cm³/mol. The molecule has 0 aliphatic heterocycles. The van der Waals surface area contributed by atoms with Crippen molar-refractivity contribution in [2.45, 2.75) is 58.7 Å².